The molecule has 0 aliphatic carbocycles. The summed E-state index contributed by atoms with van der Waals surface area (Å²) in [6.07, 6.45) is 0. The molecule has 170 valence electrons. The SMILES string of the molecule is Cn1c(=O)c2nc(SCc3ccc4c(c3)OCO4)n(Cc3ccc(Cl)cc3Cl)c2n(C)c1=O. The Hall–Kier alpha value is -2.88. The van der Waals surface area contributed by atoms with Crippen LogP contribution < -0.4 is 20.7 Å². The zero-order valence-electron chi connectivity index (χ0n) is 17.7. The van der Waals surface area contributed by atoms with E-state index in [9.17, 15) is 9.59 Å². The van der Waals surface area contributed by atoms with E-state index >= 15 is 0 Å². The van der Waals surface area contributed by atoms with Crippen LogP contribution >= 0.6 is 35.0 Å². The summed E-state index contributed by atoms with van der Waals surface area (Å²) >= 11 is 13.9. The Labute approximate surface area is 202 Å². The van der Waals surface area contributed by atoms with Gasteiger partial charge in [0.25, 0.3) is 5.56 Å². The third-order valence-electron chi connectivity index (χ3n) is 5.45. The lowest BCUT2D eigenvalue weighted by Gasteiger charge is -2.13. The minimum atomic E-state index is -0.445. The van der Waals surface area contributed by atoms with Crippen LogP contribution in [0.5, 0.6) is 11.5 Å². The van der Waals surface area contributed by atoms with E-state index in [1.807, 2.05) is 28.8 Å². The normalized spacial score (nSPS) is 12.6. The van der Waals surface area contributed by atoms with Crippen molar-refractivity contribution in [1.82, 2.24) is 18.7 Å². The van der Waals surface area contributed by atoms with E-state index in [4.69, 9.17) is 32.7 Å². The Kier molecular flexibility index (Phi) is 5.64. The number of halogens is 2. The molecule has 0 spiro atoms. The number of hydrogen-bond acceptors (Lipinski definition) is 6. The first kappa shape index (κ1) is 21.9. The summed E-state index contributed by atoms with van der Waals surface area (Å²) in [6, 6.07) is 11.0. The molecule has 0 fully saturated rings. The summed E-state index contributed by atoms with van der Waals surface area (Å²) < 4.78 is 15.2. The summed E-state index contributed by atoms with van der Waals surface area (Å²) in [6.45, 7) is 0.525. The van der Waals surface area contributed by atoms with E-state index in [2.05, 4.69) is 4.98 Å². The first-order valence-electron chi connectivity index (χ1n) is 9.95. The standard InChI is InChI=1S/C22H18Cl2N4O4S/c1-26-19-18(20(29)27(2)22(26)30)25-21(28(19)9-13-4-5-14(23)8-15(13)24)33-10-12-3-6-16-17(7-12)32-11-31-16/h3-8H,9-11H2,1-2H3. The molecule has 0 saturated heterocycles. The van der Waals surface area contributed by atoms with Crippen molar-refractivity contribution in [3.8, 4) is 11.5 Å². The van der Waals surface area contributed by atoms with Crippen molar-refractivity contribution in [2.75, 3.05) is 6.79 Å². The molecule has 11 heteroatoms. The maximum Gasteiger partial charge on any atom is 0.332 e. The van der Waals surface area contributed by atoms with Crippen LogP contribution in [0.3, 0.4) is 0 Å². The maximum absolute atomic E-state index is 12.8. The Morgan fingerprint density at radius 2 is 1.82 bits per heavy atom. The van der Waals surface area contributed by atoms with Gasteiger partial charge in [-0.3, -0.25) is 13.9 Å². The van der Waals surface area contributed by atoms with Crippen LogP contribution in [-0.2, 0) is 26.4 Å². The molecular weight excluding hydrogens is 487 g/mol. The van der Waals surface area contributed by atoms with Gasteiger partial charge in [-0.25, -0.2) is 9.78 Å². The number of hydrogen-bond donors (Lipinski definition) is 0. The van der Waals surface area contributed by atoms with Gasteiger partial charge in [-0.2, -0.15) is 0 Å². The highest BCUT2D eigenvalue weighted by molar-refractivity contribution is 7.98. The van der Waals surface area contributed by atoms with Gasteiger partial charge in [0.15, 0.2) is 27.8 Å². The second kappa shape index (κ2) is 8.48. The molecule has 3 heterocycles. The Bertz CT molecular complexity index is 1530. The van der Waals surface area contributed by atoms with Crippen LogP contribution in [0.2, 0.25) is 10.0 Å². The number of aromatic nitrogens is 4. The minimum absolute atomic E-state index is 0.209. The first-order valence-corrected chi connectivity index (χ1v) is 11.7. The fourth-order valence-corrected chi connectivity index (χ4v) is 5.13. The predicted molar refractivity (Wildman–Crippen MR) is 128 cm³/mol. The number of aryl methyl sites for hydroxylation is 1. The Morgan fingerprint density at radius 1 is 1.03 bits per heavy atom. The van der Waals surface area contributed by atoms with Crippen LogP contribution in [0, 0.1) is 0 Å². The van der Waals surface area contributed by atoms with Gasteiger partial charge >= 0.3 is 5.69 Å². The molecule has 1 aliphatic rings. The van der Waals surface area contributed by atoms with Gasteiger partial charge in [-0.1, -0.05) is 47.1 Å². The molecule has 33 heavy (non-hydrogen) atoms. The molecule has 0 saturated carbocycles. The van der Waals surface area contributed by atoms with Crippen LogP contribution in [-0.4, -0.2) is 25.5 Å². The van der Waals surface area contributed by atoms with Gasteiger partial charge in [0.05, 0.1) is 6.54 Å². The number of ether oxygens (including phenoxy) is 2. The average Bonchev–Trinajstić information content (AvgIpc) is 3.41. The fourth-order valence-electron chi connectivity index (χ4n) is 3.72. The summed E-state index contributed by atoms with van der Waals surface area (Å²) in [5, 5.41) is 1.61. The summed E-state index contributed by atoms with van der Waals surface area (Å²) in [7, 11) is 3.07. The van der Waals surface area contributed by atoms with Crippen molar-refractivity contribution >= 4 is 46.1 Å². The number of benzene rings is 2. The lowest BCUT2D eigenvalue weighted by Crippen LogP contribution is -2.37. The molecule has 8 nitrogen and oxygen atoms in total. The van der Waals surface area contributed by atoms with Crippen molar-refractivity contribution in [3.05, 3.63) is 78.4 Å². The third-order valence-corrected chi connectivity index (χ3v) is 7.09. The molecule has 2 aromatic carbocycles. The molecule has 0 radical (unpaired) electrons. The van der Waals surface area contributed by atoms with E-state index in [1.165, 1.54) is 23.4 Å². The quantitative estimate of drug-likeness (QED) is 0.384. The van der Waals surface area contributed by atoms with Crippen LogP contribution in [0.4, 0.5) is 0 Å². The number of thioether (sulfide) groups is 1. The fraction of sp³-hybridized carbons (Fsp3) is 0.227. The monoisotopic (exact) mass is 504 g/mol. The molecule has 4 aromatic rings. The highest BCUT2D eigenvalue weighted by Crippen LogP contribution is 2.35. The maximum atomic E-state index is 12.8. The average molecular weight is 505 g/mol. The van der Waals surface area contributed by atoms with Gasteiger partial charge in [0, 0.05) is 29.9 Å². The van der Waals surface area contributed by atoms with Crippen molar-refractivity contribution in [1.29, 1.82) is 0 Å². The molecule has 1 aliphatic heterocycles. The summed E-state index contributed by atoms with van der Waals surface area (Å²) in [5.74, 6) is 1.99. The number of nitrogens with zero attached hydrogens (tertiary/aromatic N) is 4. The van der Waals surface area contributed by atoms with Gasteiger partial charge in [-0.05, 0) is 35.4 Å². The molecule has 5 rings (SSSR count). The Balaban J connectivity index is 1.60. The van der Waals surface area contributed by atoms with Crippen molar-refractivity contribution in [2.45, 2.75) is 17.5 Å². The molecule has 0 N–H and O–H groups in total. The molecule has 0 atom stereocenters. The molecule has 0 bridgehead atoms. The zero-order valence-corrected chi connectivity index (χ0v) is 20.0. The van der Waals surface area contributed by atoms with Gasteiger partial charge in [0.2, 0.25) is 6.79 Å². The van der Waals surface area contributed by atoms with E-state index in [0.717, 1.165) is 15.7 Å². The number of rotatable bonds is 5. The Morgan fingerprint density at radius 3 is 2.61 bits per heavy atom. The highest BCUT2D eigenvalue weighted by Gasteiger charge is 2.21. The molecule has 2 aromatic heterocycles. The van der Waals surface area contributed by atoms with Crippen molar-refractivity contribution in [2.24, 2.45) is 14.1 Å². The lowest BCUT2D eigenvalue weighted by molar-refractivity contribution is 0.174. The van der Waals surface area contributed by atoms with Crippen molar-refractivity contribution in [3.63, 3.8) is 0 Å². The van der Waals surface area contributed by atoms with Gasteiger partial charge in [-0.15, -0.1) is 0 Å². The van der Waals surface area contributed by atoms with Gasteiger partial charge < -0.3 is 14.0 Å². The molecular formula is C22H18Cl2N4O4S. The second-order valence-electron chi connectivity index (χ2n) is 7.57. The summed E-state index contributed by atoms with van der Waals surface area (Å²) in [5.41, 5.74) is 1.58. The molecule has 0 amide bonds. The zero-order chi connectivity index (χ0) is 23.3. The predicted octanol–water partition coefficient (Wildman–Crippen LogP) is 3.81. The number of imidazole rings is 1. The number of fused-ring (bicyclic) bond motifs is 2. The topological polar surface area (TPSA) is 80.3 Å². The third kappa shape index (κ3) is 3.90. The smallest absolute Gasteiger partial charge is 0.332 e. The van der Waals surface area contributed by atoms with E-state index in [-0.39, 0.29) is 12.3 Å². The first-order chi connectivity index (χ1) is 15.8. The van der Waals surface area contributed by atoms with Gasteiger partial charge in [0.1, 0.15) is 0 Å². The minimum Gasteiger partial charge on any atom is -0.454 e. The van der Waals surface area contributed by atoms with E-state index < -0.39 is 11.2 Å². The van der Waals surface area contributed by atoms with Crippen LogP contribution in [0.15, 0.2) is 51.1 Å². The molecule has 0 unspecified atom stereocenters. The largest absolute Gasteiger partial charge is 0.454 e. The van der Waals surface area contributed by atoms with Crippen LogP contribution in [0.1, 0.15) is 11.1 Å². The second-order valence-corrected chi connectivity index (χ2v) is 9.36. The highest BCUT2D eigenvalue weighted by atomic mass is 35.5. The van der Waals surface area contributed by atoms with E-state index in [0.29, 0.717) is 44.6 Å². The summed E-state index contributed by atoms with van der Waals surface area (Å²) in [4.78, 5) is 30.1. The van der Waals surface area contributed by atoms with E-state index in [1.54, 1.807) is 19.2 Å². The van der Waals surface area contributed by atoms with Crippen LogP contribution in [0.25, 0.3) is 11.2 Å². The van der Waals surface area contributed by atoms with Crippen molar-refractivity contribution < 1.29 is 9.47 Å². The lowest BCUT2D eigenvalue weighted by atomic mass is 10.2.